The van der Waals surface area contributed by atoms with E-state index in [9.17, 15) is 18.0 Å². The van der Waals surface area contributed by atoms with Crippen LogP contribution in [0.3, 0.4) is 0 Å². The highest BCUT2D eigenvalue weighted by atomic mass is 35.5. The molecule has 1 aromatic heterocycles. The number of carbonyl (C=O) groups is 1. The van der Waals surface area contributed by atoms with Crippen LogP contribution in [0, 0.1) is 0 Å². The standard InChI is InChI=1S/C17H12ClN3O4S/c18-11-5-6-12-14(9-11)19-10-20(16(12)22)7-8-21-17(23)13-3-1-2-4-15(13)26(21,24)25/h1-6,9-10H,7-8H2. The molecule has 1 aliphatic rings. The Morgan fingerprint density at radius 2 is 1.81 bits per heavy atom. The highest BCUT2D eigenvalue weighted by Crippen LogP contribution is 2.29. The van der Waals surface area contributed by atoms with Gasteiger partial charge in [-0.2, -0.15) is 0 Å². The van der Waals surface area contributed by atoms with Crippen molar-refractivity contribution in [1.29, 1.82) is 0 Å². The van der Waals surface area contributed by atoms with Crippen molar-refractivity contribution in [3.63, 3.8) is 0 Å². The van der Waals surface area contributed by atoms with Crippen molar-refractivity contribution < 1.29 is 13.2 Å². The summed E-state index contributed by atoms with van der Waals surface area (Å²) >= 11 is 5.89. The SMILES string of the molecule is O=C1c2ccccc2S(=O)(=O)N1CCn1cnc2cc(Cl)ccc2c1=O. The molecule has 0 bridgehead atoms. The van der Waals surface area contributed by atoms with Gasteiger partial charge in [0.05, 0.1) is 29.3 Å². The maximum absolute atomic E-state index is 12.5. The van der Waals surface area contributed by atoms with Gasteiger partial charge in [-0.25, -0.2) is 17.7 Å². The molecular formula is C17H12ClN3O4S. The average molecular weight is 390 g/mol. The summed E-state index contributed by atoms with van der Waals surface area (Å²) in [7, 11) is -3.90. The van der Waals surface area contributed by atoms with Crippen LogP contribution in [0.1, 0.15) is 10.4 Å². The average Bonchev–Trinajstić information content (AvgIpc) is 2.81. The Labute approximate surface area is 153 Å². The van der Waals surface area contributed by atoms with Crippen LogP contribution in [0.5, 0.6) is 0 Å². The van der Waals surface area contributed by atoms with Gasteiger partial charge < -0.3 is 0 Å². The number of sulfonamides is 1. The van der Waals surface area contributed by atoms with Crippen LogP contribution >= 0.6 is 11.6 Å². The number of nitrogens with zero attached hydrogens (tertiary/aromatic N) is 3. The third-order valence-electron chi connectivity index (χ3n) is 4.24. The van der Waals surface area contributed by atoms with Crippen molar-refractivity contribution in [2.75, 3.05) is 6.54 Å². The van der Waals surface area contributed by atoms with Crippen LogP contribution in [0.4, 0.5) is 0 Å². The Hall–Kier alpha value is -2.71. The van der Waals surface area contributed by atoms with Gasteiger partial charge in [0, 0.05) is 11.6 Å². The van der Waals surface area contributed by atoms with E-state index < -0.39 is 15.9 Å². The van der Waals surface area contributed by atoms with E-state index in [1.807, 2.05) is 0 Å². The van der Waals surface area contributed by atoms with Crippen LogP contribution in [0.2, 0.25) is 5.02 Å². The van der Waals surface area contributed by atoms with E-state index in [0.717, 1.165) is 4.31 Å². The van der Waals surface area contributed by atoms with E-state index >= 15 is 0 Å². The van der Waals surface area contributed by atoms with Gasteiger partial charge in [-0.15, -0.1) is 0 Å². The molecule has 0 fully saturated rings. The smallest absolute Gasteiger partial charge is 0.269 e. The second-order valence-corrected chi connectivity index (χ2v) is 8.05. The number of halogens is 1. The maximum atomic E-state index is 12.5. The van der Waals surface area contributed by atoms with Gasteiger partial charge in [-0.1, -0.05) is 23.7 Å². The number of amides is 1. The highest BCUT2D eigenvalue weighted by molar-refractivity contribution is 7.90. The van der Waals surface area contributed by atoms with E-state index in [0.29, 0.717) is 15.9 Å². The second kappa shape index (κ2) is 5.93. The number of benzene rings is 2. The van der Waals surface area contributed by atoms with Gasteiger partial charge in [0.2, 0.25) is 0 Å². The van der Waals surface area contributed by atoms with Crippen molar-refractivity contribution in [3.8, 4) is 0 Å². The van der Waals surface area contributed by atoms with E-state index in [-0.39, 0.29) is 29.1 Å². The molecule has 0 N–H and O–H groups in total. The van der Waals surface area contributed by atoms with Crippen molar-refractivity contribution in [2.45, 2.75) is 11.4 Å². The molecule has 26 heavy (non-hydrogen) atoms. The molecule has 0 unspecified atom stereocenters. The van der Waals surface area contributed by atoms with Gasteiger partial charge in [0.1, 0.15) is 4.90 Å². The Bertz CT molecular complexity index is 1220. The Morgan fingerprint density at radius 3 is 2.58 bits per heavy atom. The minimum absolute atomic E-state index is 0.00333. The fourth-order valence-electron chi connectivity index (χ4n) is 2.94. The summed E-state index contributed by atoms with van der Waals surface area (Å²) in [5.74, 6) is -0.589. The quantitative estimate of drug-likeness (QED) is 0.682. The molecule has 4 rings (SSSR count). The molecule has 0 atom stereocenters. The van der Waals surface area contributed by atoms with E-state index in [2.05, 4.69) is 4.98 Å². The molecule has 0 saturated carbocycles. The maximum Gasteiger partial charge on any atom is 0.269 e. The van der Waals surface area contributed by atoms with Crippen molar-refractivity contribution in [1.82, 2.24) is 13.9 Å². The van der Waals surface area contributed by atoms with Gasteiger partial charge in [-0.05, 0) is 30.3 Å². The fraction of sp³-hybridized carbons (Fsp3) is 0.118. The lowest BCUT2D eigenvalue weighted by molar-refractivity contribution is 0.0868. The minimum atomic E-state index is -3.90. The molecule has 0 spiro atoms. The molecule has 0 aliphatic carbocycles. The number of carbonyl (C=O) groups excluding carboxylic acids is 1. The fourth-order valence-corrected chi connectivity index (χ4v) is 4.67. The number of hydrogen-bond donors (Lipinski definition) is 0. The van der Waals surface area contributed by atoms with Gasteiger partial charge in [-0.3, -0.25) is 14.2 Å². The molecule has 1 amide bonds. The van der Waals surface area contributed by atoms with Crippen LogP contribution < -0.4 is 5.56 Å². The molecule has 9 heteroatoms. The lowest BCUT2D eigenvalue weighted by atomic mass is 10.2. The third kappa shape index (κ3) is 2.49. The van der Waals surface area contributed by atoms with Crippen LogP contribution in [0.15, 0.2) is 58.5 Å². The number of fused-ring (bicyclic) bond motifs is 2. The molecule has 132 valence electrons. The summed E-state index contributed by atoms with van der Waals surface area (Å²) in [5, 5.41) is 0.837. The summed E-state index contributed by atoms with van der Waals surface area (Å²) in [4.78, 5) is 29.1. The zero-order valence-electron chi connectivity index (χ0n) is 13.3. The first-order valence-corrected chi connectivity index (χ1v) is 9.52. The predicted molar refractivity (Wildman–Crippen MR) is 95.7 cm³/mol. The summed E-state index contributed by atoms with van der Waals surface area (Å²) < 4.78 is 27.1. The van der Waals surface area contributed by atoms with E-state index in [1.165, 1.54) is 23.0 Å². The highest BCUT2D eigenvalue weighted by Gasteiger charge is 2.40. The molecule has 7 nitrogen and oxygen atoms in total. The topological polar surface area (TPSA) is 89.3 Å². The predicted octanol–water partition coefficient (Wildman–Crippen LogP) is 1.89. The molecular weight excluding hydrogens is 378 g/mol. The second-order valence-electron chi connectivity index (χ2n) is 5.78. The van der Waals surface area contributed by atoms with Crippen LogP contribution in [-0.2, 0) is 16.6 Å². The summed E-state index contributed by atoms with van der Waals surface area (Å²) in [6.07, 6.45) is 1.32. The Morgan fingerprint density at radius 1 is 1.04 bits per heavy atom. The molecule has 2 aromatic carbocycles. The van der Waals surface area contributed by atoms with Crippen molar-refractivity contribution >= 4 is 38.4 Å². The summed E-state index contributed by atoms with van der Waals surface area (Å²) in [6, 6.07) is 10.8. The lowest BCUT2D eigenvalue weighted by Crippen LogP contribution is -2.35. The number of aromatic nitrogens is 2. The van der Waals surface area contributed by atoms with Crippen molar-refractivity contribution in [3.05, 3.63) is 69.7 Å². The number of hydrogen-bond acceptors (Lipinski definition) is 5. The van der Waals surface area contributed by atoms with Gasteiger partial charge >= 0.3 is 0 Å². The van der Waals surface area contributed by atoms with Crippen molar-refractivity contribution in [2.24, 2.45) is 0 Å². The molecule has 0 saturated heterocycles. The van der Waals surface area contributed by atoms with Gasteiger partial charge in [0.15, 0.2) is 0 Å². The Balaban J connectivity index is 1.65. The lowest BCUT2D eigenvalue weighted by Gasteiger charge is -2.15. The summed E-state index contributed by atoms with van der Waals surface area (Å²) in [6.45, 7) is -0.153. The third-order valence-corrected chi connectivity index (χ3v) is 6.32. The zero-order valence-corrected chi connectivity index (χ0v) is 14.9. The van der Waals surface area contributed by atoms with E-state index in [4.69, 9.17) is 11.6 Å². The van der Waals surface area contributed by atoms with Crippen LogP contribution in [0.25, 0.3) is 10.9 Å². The monoisotopic (exact) mass is 389 g/mol. The zero-order chi connectivity index (χ0) is 18.5. The van der Waals surface area contributed by atoms with Gasteiger partial charge in [0.25, 0.3) is 21.5 Å². The van der Waals surface area contributed by atoms with E-state index in [1.54, 1.807) is 30.3 Å². The first-order chi connectivity index (χ1) is 12.4. The molecule has 0 radical (unpaired) electrons. The van der Waals surface area contributed by atoms with Crippen LogP contribution in [-0.4, -0.2) is 34.7 Å². The normalized spacial score (nSPS) is 15.4. The first-order valence-electron chi connectivity index (χ1n) is 7.70. The molecule has 1 aliphatic heterocycles. The first kappa shape index (κ1) is 16.7. The largest absolute Gasteiger partial charge is 0.297 e. The summed E-state index contributed by atoms with van der Waals surface area (Å²) in [5.41, 5.74) is 0.273. The Kier molecular flexibility index (Phi) is 3.82. The number of rotatable bonds is 3. The molecule has 3 aromatic rings. The molecule has 2 heterocycles. The minimum Gasteiger partial charge on any atom is -0.297 e.